The molecule has 382 valence electrons. The highest BCUT2D eigenvalue weighted by Gasteiger charge is 2.44. The quantitative estimate of drug-likeness (QED) is 0.0131. The van der Waals surface area contributed by atoms with Gasteiger partial charge in [-0.15, -0.1) is 0 Å². The SMILES string of the molecule is C=CC(=O)OCCCCOC(=O)Oc1ccc(/C=N/N=C/c2ccc(C(=O)OC)cc2)cc1.C=CC(=O)OCCCCOC(=O)Oc1ccc(/C=N/N=C/c2ccc(C(=O)OC3COC4CCO[C@@H]43)cc2)cc1. The molecule has 0 aliphatic carbocycles. The Bertz CT molecular complexity index is 2580. The van der Waals surface area contributed by atoms with Crippen molar-refractivity contribution in [3.05, 3.63) is 156 Å². The second kappa shape index (κ2) is 30.9. The van der Waals surface area contributed by atoms with Crippen LogP contribution in [0.1, 0.15) is 75.1 Å². The van der Waals surface area contributed by atoms with Gasteiger partial charge >= 0.3 is 36.2 Å². The minimum absolute atomic E-state index is 0.0114. The van der Waals surface area contributed by atoms with Crippen molar-refractivity contribution in [3.8, 4) is 11.5 Å². The highest BCUT2D eigenvalue weighted by Crippen LogP contribution is 2.29. The van der Waals surface area contributed by atoms with Crippen LogP contribution in [0.2, 0.25) is 0 Å². The highest BCUT2D eigenvalue weighted by molar-refractivity contribution is 5.92. The summed E-state index contributed by atoms with van der Waals surface area (Å²) in [6, 6.07) is 26.8. The second-order valence-electron chi connectivity index (χ2n) is 15.4. The molecule has 0 bridgehead atoms. The molecule has 0 aromatic heterocycles. The first kappa shape index (κ1) is 55.3. The van der Waals surface area contributed by atoms with Crippen molar-refractivity contribution < 1.29 is 76.1 Å². The molecular weight excluding hydrogens is 949 g/mol. The lowest BCUT2D eigenvalue weighted by Crippen LogP contribution is -2.32. The number of methoxy groups -OCH3 is 1. The highest BCUT2D eigenvalue weighted by atomic mass is 16.7. The van der Waals surface area contributed by atoms with Gasteiger partial charge in [-0.05, 0) is 127 Å². The van der Waals surface area contributed by atoms with Crippen LogP contribution >= 0.6 is 0 Å². The van der Waals surface area contributed by atoms with Gasteiger partial charge < -0.3 is 47.4 Å². The van der Waals surface area contributed by atoms with Crippen molar-refractivity contribution in [3.63, 3.8) is 0 Å². The van der Waals surface area contributed by atoms with Gasteiger partial charge in [0.15, 0.2) is 6.10 Å². The average Bonchev–Trinajstić information content (AvgIpc) is 4.05. The smallest absolute Gasteiger partial charge is 0.465 e. The van der Waals surface area contributed by atoms with Crippen LogP contribution in [-0.2, 0) is 47.5 Å². The monoisotopic (exact) mass is 1000 g/mol. The molecule has 20 heteroatoms. The number of hydrogen-bond donors (Lipinski definition) is 0. The lowest BCUT2D eigenvalue weighted by molar-refractivity contribution is -0.138. The third kappa shape index (κ3) is 20.3. The molecule has 0 N–H and O–H groups in total. The first-order valence-electron chi connectivity index (χ1n) is 22.9. The molecule has 0 spiro atoms. The second-order valence-corrected chi connectivity index (χ2v) is 15.4. The number of carbonyl (C=O) groups excluding carboxylic acids is 6. The molecule has 2 unspecified atom stereocenters. The summed E-state index contributed by atoms with van der Waals surface area (Å²) < 4.78 is 51.3. The van der Waals surface area contributed by atoms with Gasteiger partial charge in [0.1, 0.15) is 17.6 Å². The standard InChI is InChI=1S/C29H30N2O9.C24H24N2O7/c1-2-26(32)35-14-3-4-15-37-29(34)39-23-11-7-21(8-12-23)18-31-30-17-20-5-9-22(10-6-20)28(33)40-25-19-38-24-13-16-36-27(24)25;1-3-22(27)31-14-4-5-15-32-24(29)33-21-12-8-19(9-13-21)17-26-25-16-18-6-10-20(11-7-18)23(28)30-2/h2,5-12,17-18,24-25,27H,1,3-4,13-16,19H2;3,6-13,16-17H,1,4-5,14-15H2,2H3/b30-17+,31-18+;25-16+,26-17+/t24?,25?,27-;/m0./s1. The van der Waals surface area contributed by atoms with Crippen molar-refractivity contribution in [2.24, 2.45) is 20.4 Å². The summed E-state index contributed by atoms with van der Waals surface area (Å²) in [5.74, 6) is -1.15. The Kier molecular flexibility index (Phi) is 23.4. The van der Waals surface area contributed by atoms with E-state index < -0.39 is 36.2 Å². The molecule has 2 saturated heterocycles. The molecule has 3 atom stereocenters. The van der Waals surface area contributed by atoms with Crippen LogP contribution in [0, 0.1) is 0 Å². The summed E-state index contributed by atoms with van der Waals surface area (Å²) >= 11 is 0. The van der Waals surface area contributed by atoms with Crippen molar-refractivity contribution in [2.45, 2.75) is 50.4 Å². The molecule has 2 aliphatic rings. The van der Waals surface area contributed by atoms with Crippen LogP contribution < -0.4 is 9.47 Å². The van der Waals surface area contributed by atoms with E-state index in [0.29, 0.717) is 61.5 Å². The zero-order valence-corrected chi connectivity index (χ0v) is 39.9. The van der Waals surface area contributed by atoms with Crippen LogP contribution in [0.15, 0.2) is 143 Å². The predicted octanol–water partition coefficient (Wildman–Crippen LogP) is 7.83. The number of nitrogens with zero attached hydrogens (tertiary/aromatic N) is 4. The Balaban J connectivity index is 0.000000276. The van der Waals surface area contributed by atoms with Crippen LogP contribution in [-0.4, -0.2) is 126 Å². The number of unbranched alkanes of at least 4 members (excludes halogenated alkanes) is 2. The van der Waals surface area contributed by atoms with Gasteiger partial charge in [0, 0.05) is 18.8 Å². The molecule has 4 aromatic carbocycles. The maximum atomic E-state index is 12.5. The number of rotatable bonds is 23. The first-order valence-corrected chi connectivity index (χ1v) is 22.9. The zero-order valence-electron chi connectivity index (χ0n) is 39.9. The third-order valence-electron chi connectivity index (χ3n) is 10.1. The zero-order chi connectivity index (χ0) is 52.0. The summed E-state index contributed by atoms with van der Waals surface area (Å²) in [5.41, 5.74) is 3.92. The Morgan fingerprint density at radius 3 is 1.32 bits per heavy atom. The van der Waals surface area contributed by atoms with Crippen molar-refractivity contribution in [1.29, 1.82) is 0 Å². The van der Waals surface area contributed by atoms with Gasteiger partial charge in [0.2, 0.25) is 0 Å². The third-order valence-corrected chi connectivity index (χ3v) is 10.1. The first-order chi connectivity index (χ1) is 35.5. The fraction of sp³-hybridized carbons (Fsp3) is 0.283. The summed E-state index contributed by atoms with van der Waals surface area (Å²) in [5, 5.41) is 16.0. The van der Waals surface area contributed by atoms with E-state index in [1.54, 1.807) is 122 Å². The normalized spacial score (nSPS) is 15.7. The van der Waals surface area contributed by atoms with E-state index >= 15 is 0 Å². The summed E-state index contributed by atoms with van der Waals surface area (Å²) in [6.45, 7) is 8.34. The van der Waals surface area contributed by atoms with Crippen LogP contribution in [0.5, 0.6) is 11.5 Å². The number of benzene rings is 4. The molecule has 0 radical (unpaired) electrons. The van der Waals surface area contributed by atoms with E-state index in [-0.39, 0.29) is 44.7 Å². The summed E-state index contributed by atoms with van der Waals surface area (Å²) in [6.07, 6.45) is 9.18. The molecule has 2 aliphatic heterocycles. The molecule has 0 saturated carbocycles. The van der Waals surface area contributed by atoms with Crippen molar-refractivity contribution in [2.75, 3.05) is 46.8 Å². The Morgan fingerprint density at radius 1 is 0.534 bits per heavy atom. The maximum Gasteiger partial charge on any atom is 0.513 e. The van der Waals surface area contributed by atoms with Crippen molar-refractivity contribution in [1.82, 2.24) is 0 Å². The van der Waals surface area contributed by atoms with Gasteiger partial charge in [-0.3, -0.25) is 0 Å². The van der Waals surface area contributed by atoms with E-state index in [9.17, 15) is 28.8 Å². The fourth-order valence-electron chi connectivity index (χ4n) is 6.34. The van der Waals surface area contributed by atoms with E-state index in [0.717, 1.165) is 40.8 Å². The van der Waals surface area contributed by atoms with E-state index in [4.69, 9.17) is 42.6 Å². The molecule has 6 rings (SSSR count). The predicted molar refractivity (Wildman–Crippen MR) is 266 cm³/mol. The molecule has 73 heavy (non-hydrogen) atoms. The maximum absolute atomic E-state index is 12.5. The molecular formula is C53H54N4O16. The minimum atomic E-state index is -0.822. The number of hydrogen-bond acceptors (Lipinski definition) is 20. The largest absolute Gasteiger partial charge is 0.513 e. The number of ether oxygens (including phenoxy) is 10. The van der Waals surface area contributed by atoms with Gasteiger partial charge in [0.25, 0.3) is 0 Å². The van der Waals surface area contributed by atoms with Gasteiger partial charge in [-0.1, -0.05) is 37.4 Å². The Labute approximate surface area is 420 Å². The Morgan fingerprint density at radius 2 is 0.918 bits per heavy atom. The van der Waals surface area contributed by atoms with E-state index in [1.165, 1.54) is 7.11 Å². The topological polar surface area (TPSA) is 244 Å². The molecule has 2 fully saturated rings. The lowest BCUT2D eigenvalue weighted by atomic mass is 10.1. The minimum Gasteiger partial charge on any atom is -0.465 e. The van der Waals surface area contributed by atoms with Crippen LogP contribution in [0.3, 0.4) is 0 Å². The molecule has 2 heterocycles. The van der Waals surface area contributed by atoms with Gasteiger partial charge in [-0.2, -0.15) is 20.4 Å². The molecule has 20 nitrogen and oxygen atoms in total. The lowest BCUT2D eigenvalue weighted by Gasteiger charge is -2.16. The summed E-state index contributed by atoms with van der Waals surface area (Å²) in [7, 11) is 1.33. The van der Waals surface area contributed by atoms with E-state index in [1.807, 2.05) is 0 Å². The van der Waals surface area contributed by atoms with Gasteiger partial charge in [-0.25, -0.2) is 28.8 Å². The number of carbonyl (C=O) groups is 6. The Hall–Kier alpha value is -8.62. The number of fused-ring (bicyclic) bond motifs is 1. The van der Waals surface area contributed by atoms with Crippen molar-refractivity contribution >= 4 is 61.0 Å². The molecule has 4 aromatic rings. The molecule has 0 amide bonds. The van der Waals surface area contributed by atoms with Crippen LogP contribution in [0.25, 0.3) is 0 Å². The van der Waals surface area contributed by atoms with E-state index in [2.05, 4.69) is 38.3 Å². The van der Waals surface area contributed by atoms with Gasteiger partial charge in [0.05, 0.1) is 82.2 Å². The fourth-order valence-corrected chi connectivity index (χ4v) is 6.34. The summed E-state index contributed by atoms with van der Waals surface area (Å²) in [4.78, 5) is 69.1. The number of esters is 4. The van der Waals surface area contributed by atoms with Crippen LogP contribution in [0.4, 0.5) is 9.59 Å². The average molecular weight is 1000 g/mol.